The zero-order valence-corrected chi connectivity index (χ0v) is 15.1. The molecule has 4 saturated carbocycles. The summed E-state index contributed by atoms with van der Waals surface area (Å²) in [6, 6.07) is 19.1. The van der Waals surface area contributed by atoms with Gasteiger partial charge in [-0.3, -0.25) is 0 Å². The first-order chi connectivity index (χ1) is 12.8. The molecule has 0 N–H and O–H groups in total. The van der Waals surface area contributed by atoms with Crippen LogP contribution in [0.2, 0.25) is 0 Å². The molecule has 4 aliphatic carbocycles. The standard InChI is InChI=1S/C26H24/c1-2-24-23-15-20-14-21(16-23)18-26(24,17-20)25-11-7-6-10-22(25)13-12-19-8-4-3-5-9-19/h1,3-11,20-21,23-24H,14-18H2. The number of terminal acetylenes is 1. The van der Waals surface area contributed by atoms with Crippen LogP contribution < -0.4 is 0 Å². The summed E-state index contributed by atoms with van der Waals surface area (Å²) in [6.45, 7) is 0. The fraction of sp³-hybridized carbons (Fsp3) is 0.385. The molecule has 4 fully saturated rings. The first-order valence-corrected chi connectivity index (χ1v) is 9.91. The molecule has 0 heterocycles. The number of rotatable bonds is 1. The second-order valence-electron chi connectivity index (χ2n) is 8.57. The predicted octanol–water partition coefficient (Wildman–Crippen LogP) is 5.41. The van der Waals surface area contributed by atoms with E-state index in [4.69, 9.17) is 6.42 Å². The first-order valence-electron chi connectivity index (χ1n) is 9.91. The molecule has 0 saturated heterocycles. The third kappa shape index (κ3) is 2.40. The van der Waals surface area contributed by atoms with Crippen LogP contribution in [0, 0.1) is 47.9 Å². The molecule has 4 aliphatic rings. The zero-order valence-electron chi connectivity index (χ0n) is 15.1. The van der Waals surface area contributed by atoms with Crippen molar-refractivity contribution in [2.24, 2.45) is 23.7 Å². The number of benzene rings is 2. The second-order valence-corrected chi connectivity index (χ2v) is 8.57. The summed E-state index contributed by atoms with van der Waals surface area (Å²) in [6.07, 6.45) is 12.8. The quantitative estimate of drug-likeness (QED) is 0.611. The van der Waals surface area contributed by atoms with Crippen molar-refractivity contribution in [2.75, 3.05) is 0 Å². The lowest BCUT2D eigenvalue weighted by Gasteiger charge is -2.60. The normalized spacial score (nSPS) is 34.0. The van der Waals surface area contributed by atoms with Crippen molar-refractivity contribution in [3.8, 4) is 24.2 Å². The number of hydrogen-bond acceptors (Lipinski definition) is 0. The van der Waals surface area contributed by atoms with Gasteiger partial charge in [0.05, 0.1) is 0 Å². The minimum Gasteiger partial charge on any atom is -0.120 e. The van der Waals surface area contributed by atoms with Gasteiger partial charge < -0.3 is 0 Å². The van der Waals surface area contributed by atoms with Crippen molar-refractivity contribution >= 4 is 0 Å². The Bertz CT molecular complexity index is 904. The average Bonchev–Trinajstić information content (AvgIpc) is 2.67. The molecule has 2 aromatic carbocycles. The van der Waals surface area contributed by atoms with Crippen LogP contribution in [-0.4, -0.2) is 0 Å². The number of hydrogen-bond donors (Lipinski definition) is 0. The van der Waals surface area contributed by atoms with Crippen molar-refractivity contribution in [3.63, 3.8) is 0 Å². The maximum Gasteiger partial charge on any atom is 0.0326 e. The molecule has 0 aromatic heterocycles. The summed E-state index contributed by atoms with van der Waals surface area (Å²) in [5.74, 6) is 12.9. The maximum atomic E-state index is 6.11. The van der Waals surface area contributed by atoms with Gasteiger partial charge in [0.2, 0.25) is 0 Å². The summed E-state index contributed by atoms with van der Waals surface area (Å²) in [4.78, 5) is 0. The maximum absolute atomic E-state index is 6.11. The molecule has 0 aliphatic heterocycles. The molecule has 3 unspecified atom stereocenters. The van der Waals surface area contributed by atoms with Crippen LogP contribution in [0.3, 0.4) is 0 Å². The Kier molecular flexibility index (Phi) is 3.69. The van der Waals surface area contributed by atoms with Crippen molar-refractivity contribution in [1.29, 1.82) is 0 Å². The third-order valence-corrected chi connectivity index (χ3v) is 7.07. The highest BCUT2D eigenvalue weighted by atomic mass is 14.6. The Morgan fingerprint density at radius 3 is 2.23 bits per heavy atom. The van der Waals surface area contributed by atoms with Crippen LogP contribution in [-0.2, 0) is 5.41 Å². The smallest absolute Gasteiger partial charge is 0.0326 e. The van der Waals surface area contributed by atoms with Gasteiger partial charge in [0, 0.05) is 22.5 Å². The largest absolute Gasteiger partial charge is 0.120 e. The van der Waals surface area contributed by atoms with Crippen molar-refractivity contribution in [2.45, 2.75) is 37.5 Å². The highest BCUT2D eigenvalue weighted by Gasteiger charge is 2.57. The zero-order chi connectivity index (χ0) is 17.6. The fourth-order valence-electron chi connectivity index (χ4n) is 6.41. The Labute approximate surface area is 157 Å². The van der Waals surface area contributed by atoms with Gasteiger partial charge in [0.1, 0.15) is 0 Å². The van der Waals surface area contributed by atoms with Crippen LogP contribution in [0.4, 0.5) is 0 Å². The van der Waals surface area contributed by atoms with Crippen LogP contribution in [0.5, 0.6) is 0 Å². The summed E-state index contributed by atoms with van der Waals surface area (Å²) in [5.41, 5.74) is 3.83. The van der Waals surface area contributed by atoms with Crippen LogP contribution in [0.1, 0.15) is 48.8 Å². The molecular weight excluding hydrogens is 312 g/mol. The van der Waals surface area contributed by atoms with E-state index < -0.39 is 0 Å². The molecule has 26 heavy (non-hydrogen) atoms. The lowest BCUT2D eigenvalue weighted by atomic mass is 9.43. The Morgan fingerprint density at radius 2 is 1.50 bits per heavy atom. The topological polar surface area (TPSA) is 0 Å². The van der Waals surface area contributed by atoms with Crippen molar-refractivity contribution in [3.05, 3.63) is 71.3 Å². The van der Waals surface area contributed by atoms with E-state index in [1.54, 1.807) is 0 Å². The van der Waals surface area contributed by atoms with E-state index in [1.807, 2.05) is 18.2 Å². The molecule has 0 amide bonds. The minimum atomic E-state index is 0.158. The Morgan fingerprint density at radius 1 is 0.808 bits per heavy atom. The van der Waals surface area contributed by atoms with Gasteiger partial charge in [-0.15, -0.1) is 12.3 Å². The van der Waals surface area contributed by atoms with Gasteiger partial charge in [-0.05, 0) is 73.6 Å². The lowest BCUT2D eigenvalue weighted by molar-refractivity contribution is -0.0378. The van der Waals surface area contributed by atoms with Gasteiger partial charge in [-0.2, -0.15) is 0 Å². The molecule has 0 heteroatoms. The summed E-state index contributed by atoms with van der Waals surface area (Å²) >= 11 is 0. The summed E-state index contributed by atoms with van der Waals surface area (Å²) in [5, 5.41) is 0. The molecule has 6 rings (SSSR count). The molecule has 4 bridgehead atoms. The monoisotopic (exact) mass is 336 g/mol. The molecule has 0 spiro atoms. The van der Waals surface area contributed by atoms with Crippen molar-refractivity contribution in [1.82, 2.24) is 0 Å². The van der Waals surface area contributed by atoms with Gasteiger partial charge >= 0.3 is 0 Å². The second kappa shape index (κ2) is 6.07. The van der Waals surface area contributed by atoms with Gasteiger partial charge in [0.25, 0.3) is 0 Å². The van der Waals surface area contributed by atoms with Crippen molar-refractivity contribution < 1.29 is 0 Å². The van der Waals surface area contributed by atoms with E-state index in [-0.39, 0.29) is 5.41 Å². The van der Waals surface area contributed by atoms with E-state index in [2.05, 4.69) is 54.2 Å². The summed E-state index contributed by atoms with van der Waals surface area (Å²) < 4.78 is 0. The molecular formula is C26H24. The third-order valence-electron chi connectivity index (χ3n) is 7.07. The summed E-state index contributed by atoms with van der Waals surface area (Å²) in [7, 11) is 0. The SMILES string of the molecule is C#CC1C2CC3CC(C2)CC1(c1ccccc1C#Cc1ccccc1)C3. The van der Waals surface area contributed by atoms with E-state index in [0.717, 1.165) is 23.3 Å². The Balaban J connectivity index is 1.61. The Hall–Kier alpha value is -2.44. The molecule has 3 atom stereocenters. The average molecular weight is 336 g/mol. The lowest BCUT2D eigenvalue weighted by Crippen LogP contribution is -2.55. The van der Waals surface area contributed by atoms with Crippen LogP contribution >= 0.6 is 0 Å². The highest BCUT2D eigenvalue weighted by molar-refractivity contribution is 5.51. The minimum absolute atomic E-state index is 0.158. The fourth-order valence-corrected chi connectivity index (χ4v) is 6.41. The van der Waals surface area contributed by atoms with Crippen LogP contribution in [0.25, 0.3) is 0 Å². The highest BCUT2D eigenvalue weighted by Crippen LogP contribution is 2.63. The van der Waals surface area contributed by atoms with Crippen LogP contribution in [0.15, 0.2) is 54.6 Å². The van der Waals surface area contributed by atoms with Gasteiger partial charge in [-0.1, -0.05) is 48.2 Å². The molecule has 0 radical (unpaired) electrons. The van der Waals surface area contributed by atoms with E-state index in [0.29, 0.717) is 5.92 Å². The molecule has 0 nitrogen and oxygen atoms in total. The molecule has 128 valence electrons. The van der Waals surface area contributed by atoms with E-state index >= 15 is 0 Å². The van der Waals surface area contributed by atoms with Gasteiger partial charge in [0.15, 0.2) is 0 Å². The molecule has 2 aromatic rings. The first kappa shape index (κ1) is 15.8. The van der Waals surface area contributed by atoms with E-state index in [9.17, 15) is 0 Å². The van der Waals surface area contributed by atoms with Gasteiger partial charge in [-0.25, -0.2) is 0 Å². The van der Waals surface area contributed by atoms with E-state index in [1.165, 1.54) is 43.2 Å². The predicted molar refractivity (Wildman–Crippen MR) is 106 cm³/mol.